The fourth-order valence-electron chi connectivity index (χ4n) is 3.65. The van der Waals surface area contributed by atoms with Crippen molar-refractivity contribution >= 4 is 37.6 Å². The van der Waals surface area contributed by atoms with E-state index in [1.165, 1.54) is 24.3 Å². The van der Waals surface area contributed by atoms with E-state index < -0.39 is 33.6 Å². The Kier molecular flexibility index (Phi) is 6.28. The number of nitrogens with zero attached hydrogens (tertiary/aromatic N) is 1. The normalized spacial score (nSPS) is 19.5. The Morgan fingerprint density at radius 1 is 1.15 bits per heavy atom. The molecule has 4 rings (SSSR count). The van der Waals surface area contributed by atoms with Crippen molar-refractivity contribution in [3.05, 3.63) is 48.0 Å². The van der Waals surface area contributed by atoms with Crippen molar-refractivity contribution in [1.29, 1.82) is 0 Å². The highest BCUT2D eigenvalue weighted by atomic mass is 32.2. The van der Waals surface area contributed by atoms with Crippen LogP contribution in [0.5, 0.6) is 0 Å². The van der Waals surface area contributed by atoms with Crippen molar-refractivity contribution in [2.24, 2.45) is 11.3 Å². The van der Waals surface area contributed by atoms with Gasteiger partial charge in [-0.2, -0.15) is 8.42 Å². The molecule has 1 fully saturated rings. The smallest absolute Gasteiger partial charge is 0.341 e. The van der Waals surface area contributed by atoms with E-state index in [2.05, 4.69) is 4.98 Å². The van der Waals surface area contributed by atoms with Gasteiger partial charge in [0.15, 0.2) is 11.6 Å². The van der Waals surface area contributed by atoms with Crippen molar-refractivity contribution in [2.45, 2.75) is 44.6 Å². The van der Waals surface area contributed by atoms with Gasteiger partial charge in [-0.15, -0.1) is 11.3 Å². The van der Waals surface area contributed by atoms with Crippen LogP contribution in [0.4, 0.5) is 8.78 Å². The lowest BCUT2D eigenvalue weighted by atomic mass is 9.81. The summed E-state index contributed by atoms with van der Waals surface area (Å²) in [6.45, 7) is 6.37. The maximum absolute atomic E-state index is 13.6. The van der Waals surface area contributed by atoms with Gasteiger partial charge in [-0.25, -0.2) is 13.8 Å². The van der Waals surface area contributed by atoms with Crippen LogP contribution >= 0.6 is 11.3 Å². The number of fused-ring (bicyclic) bond motifs is 1. The average Bonchev–Trinajstić information content (AvgIpc) is 3.18. The number of rotatable bonds is 4. The summed E-state index contributed by atoms with van der Waals surface area (Å²) in [7, 11) is -4.34. The molecule has 2 heterocycles. The molecule has 2 atom stereocenters. The highest BCUT2D eigenvalue weighted by Crippen LogP contribution is 2.35. The Morgan fingerprint density at radius 2 is 1.91 bits per heavy atom. The zero-order chi connectivity index (χ0) is 24.0. The van der Waals surface area contributed by atoms with Crippen LogP contribution < -0.4 is 0 Å². The van der Waals surface area contributed by atoms with Crippen molar-refractivity contribution < 1.29 is 30.9 Å². The molecule has 0 saturated carbocycles. The summed E-state index contributed by atoms with van der Waals surface area (Å²) < 4.78 is 63.6. The van der Waals surface area contributed by atoms with Crippen LogP contribution in [0.1, 0.15) is 33.6 Å². The SMILES string of the molecule is CC(C)(C)C1CC(C(=O)OS(=O)(=O)c2ccc3nc(-c4ccc(F)c(F)c4)sc3c2)CCO1. The molecule has 6 nitrogen and oxygen atoms in total. The standard InChI is InChI=1S/C23H23F2NO5S2/c1-23(2,3)20-11-14(8-9-30-20)22(27)31-33(28,29)15-5-7-18-19(12-15)32-21(26-18)13-4-6-16(24)17(25)10-13/h4-7,10,12,14,20H,8-9,11H2,1-3H3. The fraction of sp³-hybridized carbons (Fsp3) is 0.391. The van der Waals surface area contributed by atoms with Gasteiger partial charge in [0, 0.05) is 12.2 Å². The van der Waals surface area contributed by atoms with Crippen molar-refractivity contribution in [1.82, 2.24) is 4.98 Å². The second-order valence-electron chi connectivity index (χ2n) is 9.08. The fourth-order valence-corrected chi connectivity index (χ4v) is 5.67. The lowest BCUT2D eigenvalue weighted by Crippen LogP contribution is -2.39. The Labute approximate surface area is 194 Å². The first-order valence-corrected chi connectivity index (χ1v) is 12.6. The number of thiazole rings is 1. The molecule has 2 aromatic carbocycles. The Hall–Kier alpha value is -2.43. The zero-order valence-electron chi connectivity index (χ0n) is 18.3. The van der Waals surface area contributed by atoms with Gasteiger partial charge in [-0.3, -0.25) is 4.79 Å². The molecule has 176 valence electrons. The van der Waals surface area contributed by atoms with Gasteiger partial charge < -0.3 is 8.92 Å². The molecule has 0 bridgehead atoms. The summed E-state index contributed by atoms with van der Waals surface area (Å²) in [4.78, 5) is 16.8. The monoisotopic (exact) mass is 495 g/mol. The van der Waals surface area contributed by atoms with Crippen LogP contribution in [0, 0.1) is 23.0 Å². The number of halogens is 2. The van der Waals surface area contributed by atoms with E-state index >= 15 is 0 Å². The second kappa shape index (κ2) is 8.73. The average molecular weight is 496 g/mol. The Bertz CT molecular complexity index is 1310. The molecular weight excluding hydrogens is 472 g/mol. The quantitative estimate of drug-likeness (QED) is 0.456. The molecule has 1 aliphatic heterocycles. The largest absolute Gasteiger partial charge is 0.378 e. The van der Waals surface area contributed by atoms with Gasteiger partial charge >= 0.3 is 16.1 Å². The number of hydrogen-bond acceptors (Lipinski definition) is 7. The van der Waals surface area contributed by atoms with Gasteiger partial charge in [-0.1, -0.05) is 20.8 Å². The molecule has 0 N–H and O–H groups in total. The summed E-state index contributed by atoms with van der Waals surface area (Å²) in [5.74, 6) is -3.32. The molecule has 1 aliphatic rings. The molecule has 0 spiro atoms. The predicted molar refractivity (Wildman–Crippen MR) is 120 cm³/mol. The van der Waals surface area contributed by atoms with Crippen LogP contribution in [0.2, 0.25) is 0 Å². The highest BCUT2D eigenvalue weighted by Gasteiger charge is 2.37. The third-order valence-corrected chi connectivity index (χ3v) is 7.87. The van der Waals surface area contributed by atoms with E-state index in [0.29, 0.717) is 40.2 Å². The summed E-state index contributed by atoms with van der Waals surface area (Å²) in [5, 5.41) is 0.408. The number of aromatic nitrogens is 1. The van der Waals surface area contributed by atoms with Gasteiger partial charge in [0.2, 0.25) is 0 Å². The first kappa shape index (κ1) is 23.7. The zero-order valence-corrected chi connectivity index (χ0v) is 19.9. The predicted octanol–water partition coefficient (Wildman–Crippen LogP) is 5.31. The van der Waals surface area contributed by atoms with Crippen LogP contribution in [0.3, 0.4) is 0 Å². The Balaban J connectivity index is 1.55. The van der Waals surface area contributed by atoms with E-state index in [-0.39, 0.29) is 16.4 Å². The van der Waals surface area contributed by atoms with E-state index in [1.807, 2.05) is 20.8 Å². The maximum atomic E-state index is 13.6. The highest BCUT2D eigenvalue weighted by molar-refractivity contribution is 7.87. The topological polar surface area (TPSA) is 82.6 Å². The van der Waals surface area contributed by atoms with Crippen LogP contribution in [0.15, 0.2) is 41.3 Å². The van der Waals surface area contributed by atoms with E-state index in [9.17, 15) is 22.0 Å². The van der Waals surface area contributed by atoms with Crippen LogP contribution in [0.25, 0.3) is 20.8 Å². The van der Waals surface area contributed by atoms with Crippen LogP contribution in [-0.2, 0) is 23.8 Å². The molecule has 2 unspecified atom stereocenters. The number of ether oxygens (including phenoxy) is 1. The summed E-state index contributed by atoms with van der Waals surface area (Å²) in [6, 6.07) is 7.59. The van der Waals surface area contributed by atoms with Crippen molar-refractivity contribution in [2.75, 3.05) is 6.61 Å². The third-order valence-electron chi connectivity index (χ3n) is 5.59. The molecular formula is C23H23F2NO5S2. The number of carbonyl (C=O) groups is 1. The first-order valence-electron chi connectivity index (χ1n) is 10.4. The van der Waals surface area contributed by atoms with Gasteiger partial charge in [0.25, 0.3) is 0 Å². The minimum Gasteiger partial charge on any atom is -0.378 e. The molecule has 33 heavy (non-hydrogen) atoms. The third kappa shape index (κ3) is 5.07. The second-order valence-corrected chi connectivity index (χ2v) is 11.7. The van der Waals surface area contributed by atoms with Gasteiger partial charge in [0.05, 0.1) is 22.2 Å². The minimum absolute atomic E-state index is 0.172. The minimum atomic E-state index is -4.34. The van der Waals surface area contributed by atoms with Crippen LogP contribution in [-0.4, -0.2) is 32.1 Å². The maximum Gasteiger partial charge on any atom is 0.341 e. The molecule has 10 heteroatoms. The summed E-state index contributed by atoms with van der Waals surface area (Å²) >= 11 is 1.12. The van der Waals surface area contributed by atoms with Gasteiger partial charge in [-0.05, 0) is 54.7 Å². The molecule has 1 aromatic heterocycles. The van der Waals surface area contributed by atoms with E-state index in [4.69, 9.17) is 8.92 Å². The van der Waals surface area contributed by atoms with Crippen molar-refractivity contribution in [3.8, 4) is 10.6 Å². The lowest BCUT2D eigenvalue weighted by molar-refractivity contribution is -0.146. The molecule has 1 saturated heterocycles. The number of hydrogen-bond donors (Lipinski definition) is 0. The molecule has 0 radical (unpaired) electrons. The molecule has 0 amide bonds. The van der Waals surface area contributed by atoms with E-state index in [0.717, 1.165) is 23.5 Å². The molecule has 3 aromatic rings. The summed E-state index contributed by atoms with van der Waals surface area (Å²) in [5.41, 5.74) is 0.682. The first-order chi connectivity index (χ1) is 15.4. The van der Waals surface area contributed by atoms with E-state index in [1.54, 1.807) is 0 Å². The lowest BCUT2D eigenvalue weighted by Gasteiger charge is -2.36. The molecule has 0 aliphatic carbocycles. The van der Waals surface area contributed by atoms with Gasteiger partial charge in [0.1, 0.15) is 9.90 Å². The number of carbonyl (C=O) groups excluding carboxylic acids is 1. The Morgan fingerprint density at radius 3 is 2.61 bits per heavy atom. The number of benzene rings is 2. The summed E-state index contributed by atoms with van der Waals surface area (Å²) in [6.07, 6.45) is 0.616. The van der Waals surface area contributed by atoms with Crippen molar-refractivity contribution in [3.63, 3.8) is 0 Å².